The number of nitrogens with zero attached hydrogens (tertiary/aromatic N) is 2. The van der Waals surface area contributed by atoms with Gasteiger partial charge in [0.25, 0.3) is 0 Å². The quantitative estimate of drug-likeness (QED) is 0.173. The molecule has 1 aliphatic carbocycles. The van der Waals surface area contributed by atoms with E-state index >= 15 is 0 Å². The maximum atomic E-state index is 6.62. The molecule has 0 unspecified atom stereocenters. The third kappa shape index (κ3) is 5.00. The Morgan fingerprint density at radius 1 is 0.419 bits per heavy atom. The van der Waals surface area contributed by atoms with E-state index in [1.165, 1.54) is 71.5 Å². The molecule has 3 heteroatoms. The van der Waals surface area contributed by atoms with E-state index in [1.807, 2.05) is 6.07 Å². The van der Waals surface area contributed by atoms with Gasteiger partial charge in [-0.2, -0.15) is 0 Å². The second-order valence-corrected chi connectivity index (χ2v) is 17.3. The van der Waals surface area contributed by atoms with Gasteiger partial charge < -0.3 is 14.2 Å². The predicted octanol–water partition coefficient (Wildman–Crippen LogP) is 16.3. The Kier molecular flexibility index (Phi) is 7.36. The first-order chi connectivity index (χ1) is 30.5. The van der Waals surface area contributed by atoms with Crippen molar-refractivity contribution in [2.45, 2.75) is 19.3 Å². The molecule has 0 saturated heterocycles. The van der Waals surface area contributed by atoms with Crippen LogP contribution >= 0.6 is 0 Å². The molecule has 3 nitrogen and oxygen atoms in total. The number of rotatable bonds is 5. The smallest absolute Gasteiger partial charge is 0.135 e. The summed E-state index contributed by atoms with van der Waals surface area (Å²) >= 11 is 0. The van der Waals surface area contributed by atoms with Crippen LogP contribution in [0.3, 0.4) is 0 Å². The molecule has 0 atom stereocenters. The number of ether oxygens (including phenoxy) is 1. The van der Waals surface area contributed by atoms with E-state index in [0.29, 0.717) is 0 Å². The van der Waals surface area contributed by atoms with Gasteiger partial charge in [-0.25, -0.2) is 0 Å². The molecule has 11 aromatic rings. The van der Waals surface area contributed by atoms with Gasteiger partial charge in [0.15, 0.2) is 0 Å². The van der Waals surface area contributed by atoms with Crippen LogP contribution in [-0.2, 0) is 5.41 Å². The van der Waals surface area contributed by atoms with Crippen molar-refractivity contribution >= 4 is 60.4 Å². The van der Waals surface area contributed by atoms with Crippen molar-refractivity contribution in [2.75, 3.05) is 4.90 Å². The van der Waals surface area contributed by atoms with Crippen LogP contribution in [0.2, 0.25) is 0 Å². The van der Waals surface area contributed by atoms with Gasteiger partial charge in [0.05, 0.1) is 16.7 Å². The van der Waals surface area contributed by atoms with Gasteiger partial charge in [0, 0.05) is 49.6 Å². The Balaban J connectivity index is 1.07. The molecule has 0 spiro atoms. The largest absolute Gasteiger partial charge is 0.456 e. The first-order valence-corrected chi connectivity index (χ1v) is 21.5. The minimum Gasteiger partial charge on any atom is -0.456 e. The summed E-state index contributed by atoms with van der Waals surface area (Å²) in [6.45, 7) is 4.73. The molecule has 0 N–H and O–H groups in total. The van der Waals surface area contributed by atoms with E-state index in [4.69, 9.17) is 4.74 Å². The Morgan fingerprint density at radius 3 is 1.97 bits per heavy atom. The van der Waals surface area contributed by atoms with Crippen LogP contribution in [0.15, 0.2) is 206 Å². The van der Waals surface area contributed by atoms with Crippen LogP contribution in [0.5, 0.6) is 11.5 Å². The highest BCUT2D eigenvalue weighted by atomic mass is 16.5. The first-order valence-electron chi connectivity index (χ1n) is 21.5. The van der Waals surface area contributed by atoms with Crippen molar-refractivity contribution in [2.24, 2.45) is 0 Å². The molecular formula is C59H40N2O. The normalized spacial score (nSPS) is 13.3. The van der Waals surface area contributed by atoms with Crippen molar-refractivity contribution in [3.05, 3.63) is 217 Å². The SMILES string of the molecule is CC1(C)c2ccccc2-c2ccc(N(c3ccc4c(c3)c3c5ccccc5ccc3n4-c3ccc(-c4ccccc4)cc3)c3ccc4c5c(cccc35)Oc3ccccc3-4)cc21. The Bertz CT molecular complexity index is 3630. The Labute approximate surface area is 360 Å². The van der Waals surface area contributed by atoms with Crippen molar-refractivity contribution < 1.29 is 4.74 Å². The lowest BCUT2D eigenvalue weighted by atomic mass is 9.82. The minimum atomic E-state index is -0.155. The summed E-state index contributed by atoms with van der Waals surface area (Å²) in [5.41, 5.74) is 16.7. The van der Waals surface area contributed by atoms with Crippen LogP contribution in [0.25, 0.3) is 82.4 Å². The Hall–Kier alpha value is -7.88. The maximum absolute atomic E-state index is 6.62. The second-order valence-electron chi connectivity index (χ2n) is 17.3. The van der Waals surface area contributed by atoms with Crippen LogP contribution in [0.4, 0.5) is 17.1 Å². The van der Waals surface area contributed by atoms with Crippen LogP contribution in [0.1, 0.15) is 25.0 Å². The lowest BCUT2D eigenvalue weighted by Gasteiger charge is -2.30. The molecule has 2 aliphatic rings. The van der Waals surface area contributed by atoms with Crippen LogP contribution < -0.4 is 9.64 Å². The van der Waals surface area contributed by atoms with Crippen LogP contribution in [0, 0.1) is 0 Å². The summed E-state index contributed by atoms with van der Waals surface area (Å²) in [4.78, 5) is 2.48. The molecule has 1 aromatic heterocycles. The first kappa shape index (κ1) is 34.9. The van der Waals surface area contributed by atoms with Crippen molar-refractivity contribution in [3.63, 3.8) is 0 Å². The molecule has 0 radical (unpaired) electrons. The summed E-state index contributed by atoms with van der Waals surface area (Å²) in [7, 11) is 0. The zero-order valence-corrected chi connectivity index (χ0v) is 34.4. The summed E-state index contributed by atoms with van der Waals surface area (Å²) in [5, 5.41) is 7.20. The zero-order chi connectivity index (χ0) is 41.1. The van der Waals surface area contributed by atoms with Gasteiger partial charge in [-0.1, -0.05) is 153 Å². The van der Waals surface area contributed by atoms with E-state index in [1.54, 1.807) is 0 Å². The molecule has 10 aromatic carbocycles. The predicted molar refractivity (Wildman–Crippen MR) is 259 cm³/mol. The average molecular weight is 793 g/mol. The molecule has 0 amide bonds. The van der Waals surface area contributed by atoms with Gasteiger partial charge in [0.1, 0.15) is 11.5 Å². The van der Waals surface area contributed by atoms with Gasteiger partial charge in [-0.15, -0.1) is 0 Å². The summed E-state index contributed by atoms with van der Waals surface area (Å²) in [6, 6.07) is 75.5. The zero-order valence-electron chi connectivity index (χ0n) is 34.4. The molecule has 2 heterocycles. The highest BCUT2D eigenvalue weighted by Crippen LogP contribution is 2.54. The highest BCUT2D eigenvalue weighted by Gasteiger charge is 2.36. The number of benzene rings is 10. The molecule has 0 bridgehead atoms. The number of fused-ring (bicyclic) bond motifs is 10. The van der Waals surface area contributed by atoms with Gasteiger partial charge in [-0.05, 0) is 116 Å². The van der Waals surface area contributed by atoms with E-state index in [2.05, 4.69) is 224 Å². The molecule has 13 rings (SSSR count). The average Bonchev–Trinajstić information content (AvgIpc) is 3.78. The fourth-order valence-corrected chi connectivity index (χ4v) is 10.6. The molecule has 1 aliphatic heterocycles. The standard InChI is InChI=1S/C59H40N2O/c1-59(2)50-20-10-8-17-44(50)45-30-28-42(36-51(45)59)60(52-34-31-47-46-18-9-11-21-55(46)62-56-22-12-19-48(52)58(47)56)41-29-33-53-49(35-41)57-43-16-7-6-15-39(43)25-32-54(57)61(53)40-26-23-38(24-27-40)37-13-4-3-5-14-37/h3-36H,1-2H3. The maximum Gasteiger partial charge on any atom is 0.135 e. The van der Waals surface area contributed by atoms with Crippen LogP contribution in [-0.4, -0.2) is 4.57 Å². The van der Waals surface area contributed by atoms with Gasteiger partial charge >= 0.3 is 0 Å². The van der Waals surface area contributed by atoms with E-state index < -0.39 is 0 Å². The molecule has 62 heavy (non-hydrogen) atoms. The van der Waals surface area contributed by atoms with Gasteiger partial charge in [-0.3, -0.25) is 0 Å². The number of hydrogen-bond acceptors (Lipinski definition) is 2. The van der Waals surface area contributed by atoms with Crippen molar-refractivity contribution in [1.29, 1.82) is 0 Å². The fraction of sp³-hybridized carbons (Fsp3) is 0.0508. The van der Waals surface area contributed by atoms with Crippen molar-refractivity contribution in [3.8, 4) is 50.6 Å². The highest BCUT2D eigenvalue weighted by molar-refractivity contribution is 6.22. The molecule has 0 saturated carbocycles. The summed E-state index contributed by atoms with van der Waals surface area (Å²) in [5.74, 6) is 1.77. The molecule has 292 valence electrons. The minimum absolute atomic E-state index is 0.155. The van der Waals surface area contributed by atoms with E-state index in [-0.39, 0.29) is 5.41 Å². The topological polar surface area (TPSA) is 17.4 Å². The monoisotopic (exact) mass is 792 g/mol. The lowest BCUT2D eigenvalue weighted by Crippen LogP contribution is -2.16. The third-order valence-corrected chi connectivity index (χ3v) is 13.6. The molecule has 0 fully saturated rings. The molecular weight excluding hydrogens is 753 g/mol. The van der Waals surface area contributed by atoms with Gasteiger partial charge in [0.2, 0.25) is 0 Å². The third-order valence-electron chi connectivity index (χ3n) is 13.6. The number of aromatic nitrogens is 1. The number of para-hydroxylation sites is 1. The lowest BCUT2D eigenvalue weighted by molar-refractivity contribution is 0.487. The summed E-state index contributed by atoms with van der Waals surface area (Å²) < 4.78 is 9.06. The van der Waals surface area contributed by atoms with E-state index in [0.717, 1.165) is 50.6 Å². The Morgan fingerprint density at radius 2 is 1.08 bits per heavy atom. The fourth-order valence-electron chi connectivity index (χ4n) is 10.6. The number of anilines is 3. The van der Waals surface area contributed by atoms with E-state index in [9.17, 15) is 0 Å². The number of hydrogen-bond donors (Lipinski definition) is 0. The van der Waals surface area contributed by atoms with Crippen molar-refractivity contribution in [1.82, 2.24) is 4.57 Å². The second kappa shape index (κ2) is 13.1. The summed E-state index contributed by atoms with van der Waals surface area (Å²) in [6.07, 6.45) is 0.